The van der Waals surface area contributed by atoms with Crippen molar-refractivity contribution in [2.45, 2.75) is 72.1 Å². The van der Waals surface area contributed by atoms with Crippen molar-refractivity contribution in [3.63, 3.8) is 0 Å². The number of aromatic nitrogens is 2. The van der Waals surface area contributed by atoms with Crippen molar-refractivity contribution in [1.82, 2.24) is 15.1 Å². The first kappa shape index (κ1) is 18.5. The standard InChI is InChI=1S/C16H30ClN3O/c1-6-11-20-14(13(17)12-19-20)15(18-9-4)16(7-2,8-3)21-10-5/h12,15,18H,6-11H2,1-5H3. The maximum absolute atomic E-state index is 6.45. The average Bonchev–Trinajstić information content (AvgIpc) is 2.84. The van der Waals surface area contributed by atoms with E-state index in [0.717, 1.165) is 43.1 Å². The Kier molecular flexibility index (Phi) is 7.71. The van der Waals surface area contributed by atoms with Crippen LogP contribution in [0.2, 0.25) is 5.02 Å². The zero-order valence-electron chi connectivity index (χ0n) is 14.1. The van der Waals surface area contributed by atoms with E-state index < -0.39 is 0 Å². The molecule has 0 aliphatic carbocycles. The zero-order chi connectivity index (χ0) is 15.9. The first-order valence-electron chi connectivity index (χ1n) is 8.18. The van der Waals surface area contributed by atoms with Crippen molar-refractivity contribution in [2.75, 3.05) is 13.2 Å². The van der Waals surface area contributed by atoms with Crippen LogP contribution in [0.4, 0.5) is 0 Å². The molecule has 0 fully saturated rings. The fraction of sp³-hybridized carbons (Fsp3) is 0.812. The lowest BCUT2D eigenvalue weighted by atomic mass is 9.85. The Hall–Kier alpha value is -0.580. The highest BCUT2D eigenvalue weighted by molar-refractivity contribution is 6.31. The smallest absolute Gasteiger partial charge is 0.0886 e. The van der Waals surface area contributed by atoms with Crippen LogP contribution in [-0.4, -0.2) is 28.5 Å². The van der Waals surface area contributed by atoms with Crippen LogP contribution in [-0.2, 0) is 11.3 Å². The summed E-state index contributed by atoms with van der Waals surface area (Å²) >= 11 is 6.45. The molecule has 4 nitrogen and oxygen atoms in total. The number of likely N-dealkylation sites (N-methyl/N-ethyl adjacent to an activating group) is 1. The van der Waals surface area contributed by atoms with Crippen molar-refractivity contribution in [3.05, 3.63) is 16.9 Å². The summed E-state index contributed by atoms with van der Waals surface area (Å²) in [6.07, 6.45) is 4.65. The van der Waals surface area contributed by atoms with Gasteiger partial charge in [0.15, 0.2) is 0 Å². The summed E-state index contributed by atoms with van der Waals surface area (Å²) in [6, 6.07) is 0.0546. The molecule has 0 spiro atoms. The summed E-state index contributed by atoms with van der Waals surface area (Å²) < 4.78 is 8.21. The van der Waals surface area contributed by atoms with Gasteiger partial charge in [0.25, 0.3) is 0 Å². The second-order valence-corrected chi connectivity index (χ2v) is 5.70. The van der Waals surface area contributed by atoms with Crippen LogP contribution in [0.15, 0.2) is 6.20 Å². The molecular weight excluding hydrogens is 286 g/mol. The Morgan fingerprint density at radius 2 is 1.95 bits per heavy atom. The molecule has 5 heteroatoms. The minimum Gasteiger partial charge on any atom is -0.373 e. The van der Waals surface area contributed by atoms with E-state index >= 15 is 0 Å². The number of hydrogen-bond donors (Lipinski definition) is 1. The maximum Gasteiger partial charge on any atom is 0.0886 e. The number of rotatable bonds is 10. The van der Waals surface area contributed by atoms with E-state index in [1.54, 1.807) is 6.20 Å². The van der Waals surface area contributed by atoms with Crippen LogP contribution in [0.3, 0.4) is 0 Å². The predicted octanol–water partition coefficient (Wildman–Crippen LogP) is 4.19. The summed E-state index contributed by atoms with van der Waals surface area (Å²) in [5, 5.41) is 8.74. The molecule has 21 heavy (non-hydrogen) atoms. The zero-order valence-corrected chi connectivity index (χ0v) is 14.8. The van der Waals surface area contributed by atoms with Gasteiger partial charge in [-0.2, -0.15) is 5.10 Å². The number of nitrogens with zero attached hydrogens (tertiary/aromatic N) is 2. The topological polar surface area (TPSA) is 39.1 Å². The summed E-state index contributed by atoms with van der Waals surface area (Å²) in [7, 11) is 0. The van der Waals surface area contributed by atoms with E-state index in [1.165, 1.54) is 0 Å². The summed E-state index contributed by atoms with van der Waals surface area (Å²) in [5.41, 5.74) is 0.803. The Morgan fingerprint density at radius 1 is 1.29 bits per heavy atom. The normalized spacial score (nSPS) is 13.6. The fourth-order valence-corrected chi connectivity index (χ4v) is 3.27. The van der Waals surface area contributed by atoms with Gasteiger partial charge < -0.3 is 10.1 Å². The van der Waals surface area contributed by atoms with E-state index in [9.17, 15) is 0 Å². The van der Waals surface area contributed by atoms with E-state index in [-0.39, 0.29) is 11.6 Å². The molecule has 1 aromatic heterocycles. The maximum atomic E-state index is 6.45. The van der Waals surface area contributed by atoms with E-state index in [0.29, 0.717) is 6.61 Å². The van der Waals surface area contributed by atoms with Gasteiger partial charge in [-0.05, 0) is 32.7 Å². The first-order chi connectivity index (χ1) is 10.1. The number of nitrogens with one attached hydrogen (secondary N) is 1. The van der Waals surface area contributed by atoms with Crippen LogP contribution < -0.4 is 5.32 Å². The molecule has 0 radical (unpaired) electrons. The Labute approximate surface area is 134 Å². The van der Waals surface area contributed by atoms with Crippen molar-refractivity contribution in [3.8, 4) is 0 Å². The molecule has 0 saturated carbocycles. The molecule has 1 aromatic rings. The van der Waals surface area contributed by atoms with E-state index in [4.69, 9.17) is 16.3 Å². The van der Waals surface area contributed by atoms with Crippen molar-refractivity contribution < 1.29 is 4.74 Å². The molecule has 122 valence electrons. The highest BCUT2D eigenvalue weighted by Gasteiger charge is 2.40. The highest BCUT2D eigenvalue weighted by Crippen LogP contribution is 2.38. The van der Waals surface area contributed by atoms with Gasteiger partial charge in [0.2, 0.25) is 0 Å². The largest absolute Gasteiger partial charge is 0.373 e. The van der Waals surface area contributed by atoms with Crippen LogP contribution in [0, 0.1) is 0 Å². The molecular formula is C16H30ClN3O. The summed E-state index contributed by atoms with van der Waals surface area (Å²) in [6.45, 7) is 13.1. The quantitative estimate of drug-likeness (QED) is 0.703. The van der Waals surface area contributed by atoms with Crippen molar-refractivity contribution >= 4 is 11.6 Å². The predicted molar refractivity (Wildman–Crippen MR) is 88.9 cm³/mol. The third kappa shape index (κ3) is 3.99. The molecule has 0 bridgehead atoms. The number of halogens is 1. The van der Waals surface area contributed by atoms with E-state index in [2.05, 4.69) is 38.1 Å². The first-order valence-corrected chi connectivity index (χ1v) is 8.56. The molecule has 1 N–H and O–H groups in total. The Balaban J connectivity index is 3.30. The van der Waals surface area contributed by atoms with Gasteiger partial charge in [0.1, 0.15) is 0 Å². The highest BCUT2D eigenvalue weighted by atomic mass is 35.5. The van der Waals surface area contributed by atoms with Gasteiger partial charge in [0, 0.05) is 13.2 Å². The van der Waals surface area contributed by atoms with Gasteiger partial charge in [-0.3, -0.25) is 4.68 Å². The lowest BCUT2D eigenvalue weighted by molar-refractivity contribution is -0.0748. The van der Waals surface area contributed by atoms with Crippen LogP contribution in [0.25, 0.3) is 0 Å². The second-order valence-electron chi connectivity index (χ2n) is 5.30. The van der Waals surface area contributed by atoms with Crippen LogP contribution in [0.1, 0.15) is 65.6 Å². The van der Waals surface area contributed by atoms with Gasteiger partial charge in [0.05, 0.1) is 28.6 Å². The number of ether oxygens (including phenoxy) is 1. The van der Waals surface area contributed by atoms with Gasteiger partial charge >= 0.3 is 0 Å². The fourth-order valence-electron chi connectivity index (χ4n) is 3.02. The second kappa shape index (κ2) is 8.76. The molecule has 0 saturated heterocycles. The van der Waals surface area contributed by atoms with Crippen LogP contribution >= 0.6 is 11.6 Å². The van der Waals surface area contributed by atoms with Gasteiger partial charge in [-0.1, -0.05) is 39.3 Å². The molecule has 1 unspecified atom stereocenters. The summed E-state index contributed by atoms with van der Waals surface area (Å²) in [5.74, 6) is 0. The molecule has 0 aliphatic rings. The monoisotopic (exact) mass is 315 g/mol. The van der Waals surface area contributed by atoms with Gasteiger partial charge in [-0.15, -0.1) is 0 Å². The minimum absolute atomic E-state index is 0.0546. The van der Waals surface area contributed by atoms with Crippen molar-refractivity contribution in [2.24, 2.45) is 0 Å². The lowest BCUT2D eigenvalue weighted by Crippen LogP contribution is -2.46. The van der Waals surface area contributed by atoms with Crippen molar-refractivity contribution in [1.29, 1.82) is 0 Å². The van der Waals surface area contributed by atoms with Gasteiger partial charge in [-0.25, -0.2) is 0 Å². The third-order valence-electron chi connectivity index (χ3n) is 4.11. The molecule has 0 aromatic carbocycles. The third-order valence-corrected chi connectivity index (χ3v) is 4.40. The molecule has 1 rings (SSSR count). The summed E-state index contributed by atoms with van der Waals surface area (Å²) in [4.78, 5) is 0. The Bertz CT molecular complexity index is 416. The number of aryl methyl sites for hydroxylation is 1. The Morgan fingerprint density at radius 3 is 2.43 bits per heavy atom. The average molecular weight is 316 g/mol. The molecule has 0 amide bonds. The van der Waals surface area contributed by atoms with E-state index in [1.807, 2.05) is 11.6 Å². The lowest BCUT2D eigenvalue weighted by Gasteiger charge is -2.40. The minimum atomic E-state index is -0.250. The number of hydrogen-bond acceptors (Lipinski definition) is 3. The van der Waals surface area contributed by atoms with Crippen LogP contribution in [0.5, 0.6) is 0 Å². The molecule has 1 atom stereocenters. The molecule has 1 heterocycles. The SMILES string of the molecule is CCCn1ncc(Cl)c1C(NCC)C(CC)(CC)OCC. The molecule has 0 aliphatic heterocycles.